The average Bonchev–Trinajstić information content (AvgIpc) is 1.88. The minimum Gasteiger partial charge on any atom is -0.543 e. The normalized spacial score (nSPS) is 6.29. The molecule has 0 radical (unpaired) electrons. The predicted molar refractivity (Wildman–Crippen MR) is 31.8 cm³/mol. The van der Waals surface area contributed by atoms with Gasteiger partial charge in [0.25, 0.3) is 0 Å². The van der Waals surface area contributed by atoms with Crippen molar-refractivity contribution in [3.05, 3.63) is 0 Å². The van der Waals surface area contributed by atoms with Gasteiger partial charge in [0, 0.05) is 0 Å². The Bertz CT molecular complexity index is 177. The molecule has 10 heteroatoms. The number of rotatable bonds is 0. The van der Waals surface area contributed by atoms with Gasteiger partial charge in [-0.1, -0.05) is 0 Å². The fraction of sp³-hybridized carbons (Fsp3) is 0. The maximum absolute atomic E-state index is 8.93. The molecule has 0 aliphatic rings. The Balaban J connectivity index is -0.0000000625. The summed E-state index contributed by atoms with van der Waals surface area (Å²) in [5, 5.41) is 35.7. The van der Waals surface area contributed by atoms with E-state index in [2.05, 4.69) is 0 Å². The Labute approximate surface area is 90.0 Å². The summed E-state index contributed by atoms with van der Waals surface area (Å²) in [7, 11) is 0. The van der Waals surface area contributed by atoms with E-state index in [1.807, 2.05) is 0 Å². The third-order valence-corrected chi connectivity index (χ3v) is 0.333. The molecule has 0 aliphatic carbocycles. The quantitative estimate of drug-likeness (QED) is 0.328. The molecule has 0 saturated heterocycles. The van der Waals surface area contributed by atoms with E-state index in [1.165, 1.54) is 0 Å². The summed E-state index contributed by atoms with van der Waals surface area (Å²) in [5.41, 5.74) is 0. The second-order valence-electron chi connectivity index (χ2n) is 1.15. The van der Waals surface area contributed by atoms with Gasteiger partial charge < -0.3 is 45.8 Å². The van der Waals surface area contributed by atoms with Crippen LogP contribution in [0.25, 0.3) is 0 Å². The first-order valence-corrected chi connectivity index (χ1v) is 2.13. The molecular formula is C4H4GaNO8. The largest absolute Gasteiger partial charge is 3.00 e. The van der Waals surface area contributed by atoms with E-state index in [-0.39, 0.29) is 25.9 Å². The van der Waals surface area contributed by atoms with Crippen LogP contribution in [-0.4, -0.2) is 43.7 Å². The smallest absolute Gasteiger partial charge is 0.543 e. The third-order valence-electron chi connectivity index (χ3n) is 0.333. The van der Waals surface area contributed by atoms with E-state index in [1.54, 1.807) is 0 Å². The molecule has 9 nitrogen and oxygen atoms in total. The van der Waals surface area contributed by atoms with Gasteiger partial charge in [0.2, 0.25) is 0 Å². The van der Waals surface area contributed by atoms with Crippen LogP contribution in [0.2, 0.25) is 0 Å². The molecule has 0 aromatic heterocycles. The second-order valence-corrected chi connectivity index (χ2v) is 1.15. The van der Waals surface area contributed by atoms with Gasteiger partial charge in [0.1, 0.15) is 0 Å². The Morgan fingerprint density at radius 1 is 0.571 bits per heavy atom. The van der Waals surface area contributed by atoms with Crippen LogP contribution in [0.3, 0.4) is 0 Å². The maximum atomic E-state index is 8.93. The number of carbonyl (C=O) groups is 4. The molecule has 14 heavy (non-hydrogen) atoms. The molecule has 0 aromatic carbocycles. The van der Waals surface area contributed by atoms with E-state index < -0.39 is 23.9 Å². The minimum atomic E-state index is -2.19. The van der Waals surface area contributed by atoms with Gasteiger partial charge in [-0.2, -0.15) is 0 Å². The number of hydrogen-bond donors (Lipinski definition) is 1. The zero-order chi connectivity index (χ0) is 10.3. The first-order valence-electron chi connectivity index (χ1n) is 2.13. The first-order chi connectivity index (χ1) is 5.29. The number of aliphatic carboxylic acids is 4. The van der Waals surface area contributed by atoms with Crippen molar-refractivity contribution in [2.75, 3.05) is 0 Å². The van der Waals surface area contributed by atoms with Crippen LogP contribution in [0.5, 0.6) is 0 Å². The summed E-state index contributed by atoms with van der Waals surface area (Å²) in [6.07, 6.45) is 0. The number of quaternary nitrogens is 1. The zero-order valence-corrected chi connectivity index (χ0v) is 9.27. The number of carboxylic acid groups (broad SMARTS) is 4. The van der Waals surface area contributed by atoms with Gasteiger partial charge in [0.15, 0.2) is 0 Å². The van der Waals surface area contributed by atoms with Crippen molar-refractivity contribution >= 4 is 43.7 Å². The topological polar surface area (TPSA) is 197 Å². The minimum absolute atomic E-state index is 0. The summed E-state index contributed by atoms with van der Waals surface area (Å²) in [5.74, 6) is -8.74. The summed E-state index contributed by atoms with van der Waals surface area (Å²) in [4.78, 5) is 35.7. The molecule has 0 aromatic rings. The molecule has 0 unspecified atom stereocenters. The average molecular weight is 264 g/mol. The molecule has 0 heterocycles. The fourth-order valence-electron chi connectivity index (χ4n) is 0. The van der Waals surface area contributed by atoms with E-state index >= 15 is 0 Å². The maximum Gasteiger partial charge on any atom is 3.00 e. The molecule has 0 fully saturated rings. The molecule has 76 valence electrons. The van der Waals surface area contributed by atoms with E-state index in [9.17, 15) is 0 Å². The number of carbonyl (C=O) groups excluding carboxylic acids is 4. The fourth-order valence-corrected chi connectivity index (χ4v) is 0. The van der Waals surface area contributed by atoms with Crippen molar-refractivity contribution < 1.29 is 39.6 Å². The Morgan fingerprint density at radius 3 is 0.643 bits per heavy atom. The van der Waals surface area contributed by atoms with Gasteiger partial charge in [-0.05, 0) is 0 Å². The SMILES string of the molecule is O=C([O-])C(=O)[O-].O=C([O-])C(=O)[O-].[Ga+3].[NH4+]. The summed E-state index contributed by atoms with van der Waals surface area (Å²) in [6, 6.07) is 0. The number of hydrogen-bond acceptors (Lipinski definition) is 8. The van der Waals surface area contributed by atoms with Crippen molar-refractivity contribution in [1.29, 1.82) is 0 Å². The van der Waals surface area contributed by atoms with Gasteiger partial charge in [0.05, 0.1) is 23.9 Å². The van der Waals surface area contributed by atoms with Gasteiger partial charge in [-0.15, -0.1) is 0 Å². The molecule has 0 rings (SSSR count). The molecule has 0 aliphatic heterocycles. The molecule has 0 atom stereocenters. The Morgan fingerprint density at radius 2 is 0.643 bits per heavy atom. The Hall–Kier alpha value is -1.52. The third kappa shape index (κ3) is 22.4. The van der Waals surface area contributed by atoms with E-state index in [4.69, 9.17) is 39.6 Å². The monoisotopic (exact) mass is 263 g/mol. The van der Waals surface area contributed by atoms with Crippen molar-refractivity contribution in [3.8, 4) is 0 Å². The molecule has 0 saturated carbocycles. The van der Waals surface area contributed by atoms with Crippen LogP contribution in [0, 0.1) is 0 Å². The molecule has 4 N–H and O–H groups in total. The van der Waals surface area contributed by atoms with Gasteiger partial charge >= 0.3 is 19.8 Å². The van der Waals surface area contributed by atoms with Crippen LogP contribution in [-0.2, 0) is 19.2 Å². The van der Waals surface area contributed by atoms with Crippen LogP contribution in [0.15, 0.2) is 0 Å². The molecular weight excluding hydrogens is 260 g/mol. The van der Waals surface area contributed by atoms with Crippen molar-refractivity contribution in [3.63, 3.8) is 0 Å². The van der Waals surface area contributed by atoms with Crippen LogP contribution in [0.1, 0.15) is 0 Å². The van der Waals surface area contributed by atoms with Crippen molar-refractivity contribution in [2.24, 2.45) is 0 Å². The Kier molecular flexibility index (Phi) is 18.7. The van der Waals surface area contributed by atoms with Crippen molar-refractivity contribution in [1.82, 2.24) is 6.15 Å². The van der Waals surface area contributed by atoms with Gasteiger partial charge in [-0.3, -0.25) is 0 Å². The van der Waals surface area contributed by atoms with Gasteiger partial charge in [-0.25, -0.2) is 0 Å². The molecule has 0 amide bonds. The number of carboxylic acids is 4. The van der Waals surface area contributed by atoms with Crippen LogP contribution >= 0.6 is 0 Å². The van der Waals surface area contributed by atoms with E-state index in [0.29, 0.717) is 0 Å². The van der Waals surface area contributed by atoms with Crippen LogP contribution < -0.4 is 26.6 Å². The van der Waals surface area contributed by atoms with Crippen molar-refractivity contribution in [2.45, 2.75) is 0 Å². The summed E-state index contributed by atoms with van der Waals surface area (Å²) in [6.45, 7) is 0. The zero-order valence-electron chi connectivity index (χ0n) is 6.84. The standard InChI is InChI=1S/2C2H2O4.Ga.H3N/c2*3-1(4)2(5)6;;/h2*(H,3,4)(H,5,6);;1H3/q;;+3;/p-3. The predicted octanol–water partition coefficient (Wildman–Crippen LogP) is -7.03. The van der Waals surface area contributed by atoms with E-state index in [0.717, 1.165) is 0 Å². The molecule has 0 bridgehead atoms. The first kappa shape index (κ1) is 22.9. The van der Waals surface area contributed by atoms with Crippen LogP contribution in [0.4, 0.5) is 0 Å². The summed E-state index contributed by atoms with van der Waals surface area (Å²) < 4.78 is 0. The molecule has 0 spiro atoms. The second kappa shape index (κ2) is 11.5. The summed E-state index contributed by atoms with van der Waals surface area (Å²) >= 11 is 0.